The molecule has 2 amide bonds. The van der Waals surface area contributed by atoms with E-state index in [-0.39, 0.29) is 35.9 Å². The molecule has 8 nitrogen and oxygen atoms in total. The number of nitrogens with zero attached hydrogens (tertiary/aromatic N) is 3. The summed E-state index contributed by atoms with van der Waals surface area (Å²) < 4.78 is 7.09. The molecule has 2 aliphatic carbocycles. The summed E-state index contributed by atoms with van der Waals surface area (Å²) in [5.74, 6) is 0.276. The van der Waals surface area contributed by atoms with E-state index in [2.05, 4.69) is 22.7 Å². The van der Waals surface area contributed by atoms with Gasteiger partial charge in [0.1, 0.15) is 6.04 Å². The number of nitrogens with one attached hydrogen (secondary N) is 1. The second-order valence-corrected chi connectivity index (χ2v) is 9.58. The molecule has 1 spiro atoms. The molecule has 1 unspecified atom stereocenters. The van der Waals surface area contributed by atoms with Crippen LogP contribution in [0.4, 0.5) is 0 Å². The summed E-state index contributed by atoms with van der Waals surface area (Å²) in [6.07, 6.45) is 8.70. The van der Waals surface area contributed by atoms with Gasteiger partial charge in [-0.05, 0) is 63.7 Å². The van der Waals surface area contributed by atoms with Gasteiger partial charge >= 0.3 is 0 Å². The highest BCUT2D eigenvalue weighted by atomic mass is 16.5. The Balaban J connectivity index is 1.94. The second kappa shape index (κ2) is 9.92. The number of amides is 2. The highest BCUT2D eigenvalue weighted by molar-refractivity contribution is 5.94. The molecule has 1 aromatic rings. The highest BCUT2D eigenvalue weighted by Crippen LogP contribution is 2.55. The zero-order chi connectivity index (χ0) is 23.5. The van der Waals surface area contributed by atoms with Gasteiger partial charge in [0.05, 0.1) is 18.9 Å². The molecule has 0 aromatic carbocycles. The third kappa shape index (κ3) is 4.76. The molecule has 1 atom stereocenters. The van der Waals surface area contributed by atoms with Crippen molar-refractivity contribution in [3.63, 3.8) is 0 Å². The standard InChI is InChI=1S/C24H36N4O4/c1-6-7-20(30)28(18-12-24(13-18)10-8-17(15-29)9-11-24)21(22(31)26-16(2)3)19-14-25-27(4)23(19)32-5/h7,14,16-18,21,29H,1,8-13,15H2,2-5H3,(H,26,31). The fourth-order valence-electron chi connectivity index (χ4n) is 5.36. The van der Waals surface area contributed by atoms with Gasteiger partial charge in [0, 0.05) is 31.8 Å². The lowest BCUT2D eigenvalue weighted by Gasteiger charge is -2.55. The maximum Gasteiger partial charge on any atom is 0.255 e. The van der Waals surface area contributed by atoms with Crippen molar-refractivity contribution >= 4 is 11.8 Å². The number of aryl methyl sites for hydroxylation is 1. The molecule has 2 aliphatic rings. The van der Waals surface area contributed by atoms with E-state index in [1.165, 1.54) is 13.2 Å². The van der Waals surface area contributed by atoms with E-state index in [1.54, 1.807) is 22.8 Å². The van der Waals surface area contributed by atoms with Crippen LogP contribution in [0.15, 0.2) is 24.6 Å². The molecular weight excluding hydrogens is 408 g/mol. The van der Waals surface area contributed by atoms with E-state index >= 15 is 0 Å². The molecule has 0 bridgehead atoms. The number of rotatable bonds is 8. The van der Waals surface area contributed by atoms with Gasteiger partial charge in [-0.25, -0.2) is 4.68 Å². The third-order valence-corrected chi connectivity index (χ3v) is 6.99. The second-order valence-electron chi connectivity index (χ2n) is 9.58. The summed E-state index contributed by atoms with van der Waals surface area (Å²) in [7, 11) is 3.28. The summed E-state index contributed by atoms with van der Waals surface area (Å²) in [5.41, 5.74) is 3.32. The van der Waals surface area contributed by atoms with E-state index in [9.17, 15) is 14.7 Å². The molecule has 0 aliphatic heterocycles. The van der Waals surface area contributed by atoms with Gasteiger partial charge in [-0.2, -0.15) is 5.10 Å². The van der Waals surface area contributed by atoms with Crippen LogP contribution < -0.4 is 10.1 Å². The molecule has 3 rings (SSSR count). The smallest absolute Gasteiger partial charge is 0.255 e. The predicted molar refractivity (Wildman–Crippen MR) is 121 cm³/mol. The summed E-state index contributed by atoms with van der Waals surface area (Å²) in [5, 5.41) is 16.7. The normalized spacial score (nSPS) is 25.6. The van der Waals surface area contributed by atoms with Crippen molar-refractivity contribution in [3.05, 3.63) is 30.1 Å². The van der Waals surface area contributed by atoms with Crippen molar-refractivity contribution in [2.75, 3.05) is 13.7 Å². The summed E-state index contributed by atoms with van der Waals surface area (Å²) in [6.45, 7) is 7.58. The molecular formula is C24H36N4O4. The van der Waals surface area contributed by atoms with E-state index in [1.807, 2.05) is 13.8 Å². The summed E-state index contributed by atoms with van der Waals surface area (Å²) >= 11 is 0. The van der Waals surface area contributed by atoms with Crippen LogP contribution in [0, 0.1) is 11.3 Å². The molecule has 1 heterocycles. The Morgan fingerprint density at radius 1 is 1.44 bits per heavy atom. The van der Waals surface area contributed by atoms with Gasteiger partial charge in [-0.3, -0.25) is 9.59 Å². The molecule has 2 N–H and O–H groups in total. The minimum absolute atomic E-state index is 0.0781. The summed E-state index contributed by atoms with van der Waals surface area (Å²) in [4.78, 5) is 28.3. The minimum Gasteiger partial charge on any atom is -0.481 e. The number of hydrogen-bond donors (Lipinski definition) is 2. The zero-order valence-corrected chi connectivity index (χ0v) is 19.6. The topological polar surface area (TPSA) is 96.7 Å². The molecule has 2 saturated carbocycles. The molecule has 176 valence electrons. The quantitative estimate of drug-likeness (QED) is 0.474. The van der Waals surface area contributed by atoms with Crippen molar-refractivity contribution < 1.29 is 19.4 Å². The van der Waals surface area contributed by atoms with Crippen molar-refractivity contribution in [1.29, 1.82) is 0 Å². The number of aliphatic hydroxyl groups excluding tert-OH is 1. The maximum atomic E-state index is 13.4. The Bertz CT molecular complexity index is 871. The molecule has 0 radical (unpaired) electrons. The SMILES string of the molecule is C=C=CC(=O)N(C1CC2(CCC(CO)CC2)C1)C(C(=O)NC(C)C)c1cnn(C)c1OC. The lowest BCUT2D eigenvalue weighted by atomic mass is 9.56. The van der Waals surface area contributed by atoms with E-state index in [4.69, 9.17) is 4.74 Å². The van der Waals surface area contributed by atoms with Crippen LogP contribution in [0.3, 0.4) is 0 Å². The number of ether oxygens (including phenoxy) is 1. The van der Waals surface area contributed by atoms with Crippen LogP contribution in [0.2, 0.25) is 0 Å². The first kappa shape index (κ1) is 24.1. The number of aliphatic hydroxyl groups is 1. The Hall–Kier alpha value is -2.57. The largest absolute Gasteiger partial charge is 0.481 e. The van der Waals surface area contributed by atoms with Crippen LogP contribution in [-0.4, -0.2) is 57.4 Å². The average Bonchev–Trinajstić information content (AvgIpc) is 3.09. The Morgan fingerprint density at radius 3 is 2.62 bits per heavy atom. The molecule has 1 aromatic heterocycles. The van der Waals surface area contributed by atoms with Gasteiger partial charge < -0.3 is 20.1 Å². The van der Waals surface area contributed by atoms with Gasteiger partial charge in [0.25, 0.3) is 5.91 Å². The number of hydrogen-bond acceptors (Lipinski definition) is 5. The lowest BCUT2D eigenvalue weighted by molar-refractivity contribution is -0.148. The fourth-order valence-corrected chi connectivity index (χ4v) is 5.36. The number of aromatic nitrogens is 2. The summed E-state index contributed by atoms with van der Waals surface area (Å²) in [6, 6.07) is -1.03. The van der Waals surface area contributed by atoms with E-state index in [0.717, 1.165) is 38.5 Å². The number of carbonyl (C=O) groups is 2. The first-order valence-corrected chi connectivity index (χ1v) is 11.4. The first-order valence-electron chi connectivity index (χ1n) is 11.4. The molecule has 0 saturated heterocycles. The van der Waals surface area contributed by atoms with Crippen LogP contribution in [0.1, 0.15) is 64.0 Å². The van der Waals surface area contributed by atoms with E-state index < -0.39 is 6.04 Å². The van der Waals surface area contributed by atoms with E-state index in [0.29, 0.717) is 17.4 Å². The van der Waals surface area contributed by atoms with Crippen molar-refractivity contribution in [2.24, 2.45) is 18.4 Å². The van der Waals surface area contributed by atoms with Gasteiger partial charge in [-0.1, -0.05) is 6.58 Å². The van der Waals surface area contributed by atoms with Gasteiger partial charge in [-0.15, -0.1) is 5.73 Å². The van der Waals surface area contributed by atoms with Gasteiger partial charge in [0.2, 0.25) is 11.8 Å². The highest BCUT2D eigenvalue weighted by Gasteiger charge is 2.51. The van der Waals surface area contributed by atoms with Crippen LogP contribution in [-0.2, 0) is 16.6 Å². The number of carbonyl (C=O) groups excluding carboxylic acids is 2. The molecule has 32 heavy (non-hydrogen) atoms. The third-order valence-electron chi connectivity index (χ3n) is 6.99. The minimum atomic E-state index is -0.866. The maximum absolute atomic E-state index is 13.4. The first-order chi connectivity index (χ1) is 15.2. The predicted octanol–water partition coefficient (Wildman–Crippen LogP) is 2.50. The Labute approximate surface area is 190 Å². The van der Waals surface area contributed by atoms with Crippen LogP contribution in [0.5, 0.6) is 5.88 Å². The van der Waals surface area contributed by atoms with Crippen molar-refractivity contribution in [3.8, 4) is 5.88 Å². The monoisotopic (exact) mass is 444 g/mol. The van der Waals surface area contributed by atoms with Crippen molar-refractivity contribution in [2.45, 2.75) is 70.5 Å². The molecule has 8 heteroatoms. The van der Waals surface area contributed by atoms with Gasteiger partial charge in [0.15, 0.2) is 0 Å². The molecule has 2 fully saturated rings. The zero-order valence-electron chi connectivity index (χ0n) is 19.6. The fraction of sp³-hybridized carbons (Fsp3) is 0.667. The lowest BCUT2D eigenvalue weighted by Crippen LogP contribution is -2.57. The number of methoxy groups -OCH3 is 1. The van der Waals surface area contributed by atoms with Crippen LogP contribution in [0.25, 0.3) is 0 Å². The Morgan fingerprint density at radius 2 is 2.09 bits per heavy atom. The average molecular weight is 445 g/mol. The van der Waals surface area contributed by atoms with Crippen molar-refractivity contribution in [1.82, 2.24) is 20.0 Å². The Kier molecular flexibility index (Phi) is 7.47. The van der Waals surface area contributed by atoms with Crippen LogP contribution >= 0.6 is 0 Å².